The molecule has 27 heavy (non-hydrogen) atoms. The molecule has 1 saturated carbocycles. The van der Waals surface area contributed by atoms with Crippen molar-refractivity contribution in [3.8, 4) is 0 Å². The average Bonchev–Trinajstić information content (AvgIpc) is 3.52. The van der Waals surface area contributed by atoms with E-state index in [-0.39, 0.29) is 17.9 Å². The molecular formula is C22H27N3O2. The van der Waals surface area contributed by atoms with Crippen LogP contribution in [0, 0.1) is 0 Å². The number of carbonyl (C=O) groups excluding carboxylic acids is 2. The summed E-state index contributed by atoms with van der Waals surface area (Å²) in [4.78, 5) is 29.2. The Hall–Kier alpha value is -2.40. The molecule has 2 amide bonds. The molecule has 142 valence electrons. The maximum atomic E-state index is 12.8. The van der Waals surface area contributed by atoms with Crippen LogP contribution in [0.2, 0.25) is 0 Å². The van der Waals surface area contributed by atoms with Crippen molar-refractivity contribution in [2.45, 2.75) is 38.3 Å². The van der Waals surface area contributed by atoms with E-state index in [1.54, 1.807) is 0 Å². The molecule has 4 rings (SSSR count). The molecule has 0 aromatic heterocycles. The van der Waals surface area contributed by atoms with E-state index in [9.17, 15) is 9.59 Å². The maximum absolute atomic E-state index is 12.8. The van der Waals surface area contributed by atoms with Crippen LogP contribution in [0.25, 0.3) is 10.8 Å². The van der Waals surface area contributed by atoms with Gasteiger partial charge in [0, 0.05) is 32.2 Å². The predicted molar refractivity (Wildman–Crippen MR) is 106 cm³/mol. The third-order valence-corrected chi connectivity index (χ3v) is 5.74. The highest BCUT2D eigenvalue weighted by Crippen LogP contribution is 2.21. The Morgan fingerprint density at radius 1 is 1.04 bits per heavy atom. The van der Waals surface area contributed by atoms with Gasteiger partial charge < -0.3 is 10.2 Å². The van der Waals surface area contributed by atoms with E-state index in [1.165, 1.54) is 5.39 Å². The molecule has 2 aromatic rings. The van der Waals surface area contributed by atoms with Crippen molar-refractivity contribution >= 4 is 22.6 Å². The highest BCUT2D eigenvalue weighted by Gasteiger charge is 2.30. The van der Waals surface area contributed by atoms with Crippen LogP contribution in [0.3, 0.4) is 0 Å². The molecule has 0 radical (unpaired) electrons. The van der Waals surface area contributed by atoms with E-state index < -0.39 is 0 Å². The fraction of sp³-hybridized carbons (Fsp3) is 0.455. The molecule has 1 unspecified atom stereocenters. The summed E-state index contributed by atoms with van der Waals surface area (Å²) in [6, 6.07) is 14.6. The number of piperazine rings is 1. The number of benzene rings is 2. The van der Waals surface area contributed by atoms with Gasteiger partial charge >= 0.3 is 0 Å². The molecule has 0 spiro atoms. The monoisotopic (exact) mass is 365 g/mol. The lowest BCUT2D eigenvalue weighted by molar-refractivity contribution is -0.133. The molecule has 2 fully saturated rings. The molecule has 1 aliphatic heterocycles. The smallest absolute Gasteiger partial charge is 0.237 e. The van der Waals surface area contributed by atoms with Crippen molar-refractivity contribution < 1.29 is 9.59 Å². The van der Waals surface area contributed by atoms with Crippen LogP contribution in [0.1, 0.15) is 25.3 Å². The first kappa shape index (κ1) is 18.0. The van der Waals surface area contributed by atoms with Gasteiger partial charge in [0.05, 0.1) is 12.5 Å². The highest BCUT2D eigenvalue weighted by atomic mass is 16.2. The largest absolute Gasteiger partial charge is 0.352 e. The van der Waals surface area contributed by atoms with Crippen molar-refractivity contribution in [3.05, 3.63) is 48.0 Å². The lowest BCUT2D eigenvalue weighted by atomic mass is 10.0. The average molecular weight is 365 g/mol. The van der Waals surface area contributed by atoms with E-state index in [4.69, 9.17) is 0 Å². The molecule has 1 saturated heterocycles. The first-order valence-corrected chi connectivity index (χ1v) is 9.90. The van der Waals surface area contributed by atoms with Crippen LogP contribution in [0.4, 0.5) is 0 Å². The second-order valence-electron chi connectivity index (χ2n) is 7.69. The van der Waals surface area contributed by atoms with Crippen molar-refractivity contribution in [1.82, 2.24) is 15.1 Å². The second-order valence-corrected chi connectivity index (χ2v) is 7.69. The molecule has 0 bridgehead atoms. The van der Waals surface area contributed by atoms with Crippen LogP contribution in [0.5, 0.6) is 0 Å². The van der Waals surface area contributed by atoms with Gasteiger partial charge in [-0.25, -0.2) is 0 Å². The van der Waals surface area contributed by atoms with Crippen LogP contribution >= 0.6 is 0 Å². The van der Waals surface area contributed by atoms with Gasteiger partial charge in [0.25, 0.3) is 0 Å². The number of amides is 2. The summed E-state index contributed by atoms with van der Waals surface area (Å²) in [5.74, 6) is 0.286. The number of hydrogen-bond acceptors (Lipinski definition) is 3. The summed E-state index contributed by atoms with van der Waals surface area (Å²) >= 11 is 0. The van der Waals surface area contributed by atoms with E-state index in [1.807, 2.05) is 36.1 Å². The SMILES string of the molecule is CC(C(=O)NC1CC1)N1CCN(C(=O)Cc2cccc3ccccc23)CC1. The summed E-state index contributed by atoms with van der Waals surface area (Å²) < 4.78 is 0. The molecule has 1 heterocycles. The van der Waals surface area contributed by atoms with E-state index in [0.29, 0.717) is 25.6 Å². The molecule has 2 aromatic carbocycles. The van der Waals surface area contributed by atoms with E-state index in [2.05, 4.69) is 28.4 Å². The third kappa shape index (κ3) is 4.14. The van der Waals surface area contributed by atoms with Crippen molar-refractivity contribution in [1.29, 1.82) is 0 Å². The Morgan fingerprint density at radius 2 is 1.74 bits per heavy atom. The van der Waals surface area contributed by atoms with Gasteiger partial charge in [0.2, 0.25) is 11.8 Å². The zero-order valence-electron chi connectivity index (χ0n) is 15.9. The van der Waals surface area contributed by atoms with Gasteiger partial charge in [-0.2, -0.15) is 0 Å². The van der Waals surface area contributed by atoms with Crippen LogP contribution in [-0.4, -0.2) is 59.9 Å². The van der Waals surface area contributed by atoms with Gasteiger partial charge in [0.15, 0.2) is 0 Å². The zero-order valence-corrected chi connectivity index (χ0v) is 15.9. The molecule has 1 aliphatic carbocycles. The first-order chi connectivity index (χ1) is 13.1. The minimum atomic E-state index is -0.124. The summed E-state index contributed by atoms with van der Waals surface area (Å²) in [6.07, 6.45) is 2.64. The Balaban J connectivity index is 1.33. The van der Waals surface area contributed by atoms with Gasteiger partial charge in [-0.15, -0.1) is 0 Å². The number of nitrogens with one attached hydrogen (secondary N) is 1. The topological polar surface area (TPSA) is 52.7 Å². The Labute approximate surface area is 160 Å². The molecule has 1 N–H and O–H groups in total. The lowest BCUT2D eigenvalue weighted by Crippen LogP contribution is -2.55. The maximum Gasteiger partial charge on any atom is 0.237 e. The Kier molecular flexibility index (Phi) is 5.12. The number of nitrogens with zero attached hydrogens (tertiary/aromatic N) is 2. The summed E-state index contributed by atoms with van der Waals surface area (Å²) in [5, 5.41) is 5.39. The van der Waals surface area contributed by atoms with Crippen LogP contribution < -0.4 is 5.32 Å². The van der Waals surface area contributed by atoms with Crippen molar-refractivity contribution in [3.63, 3.8) is 0 Å². The van der Waals surface area contributed by atoms with Gasteiger partial charge in [-0.1, -0.05) is 42.5 Å². The molecular weight excluding hydrogens is 338 g/mol. The summed E-state index contributed by atoms with van der Waals surface area (Å²) in [6.45, 7) is 4.83. The van der Waals surface area contributed by atoms with Gasteiger partial charge in [0.1, 0.15) is 0 Å². The minimum absolute atomic E-state index is 0.119. The number of rotatable bonds is 5. The van der Waals surface area contributed by atoms with Crippen LogP contribution in [-0.2, 0) is 16.0 Å². The highest BCUT2D eigenvalue weighted by molar-refractivity contribution is 5.90. The molecule has 5 nitrogen and oxygen atoms in total. The lowest BCUT2D eigenvalue weighted by Gasteiger charge is -2.37. The number of fused-ring (bicyclic) bond motifs is 1. The quantitative estimate of drug-likeness (QED) is 0.884. The number of hydrogen-bond donors (Lipinski definition) is 1. The Morgan fingerprint density at radius 3 is 2.48 bits per heavy atom. The van der Waals surface area contributed by atoms with Gasteiger partial charge in [-0.3, -0.25) is 14.5 Å². The second kappa shape index (κ2) is 7.69. The molecule has 1 atom stereocenters. The molecule has 5 heteroatoms. The summed E-state index contributed by atoms with van der Waals surface area (Å²) in [5.41, 5.74) is 1.08. The summed E-state index contributed by atoms with van der Waals surface area (Å²) in [7, 11) is 0. The predicted octanol–water partition coefficient (Wildman–Crippen LogP) is 2.19. The van der Waals surface area contributed by atoms with E-state index in [0.717, 1.165) is 36.9 Å². The van der Waals surface area contributed by atoms with Gasteiger partial charge in [-0.05, 0) is 36.1 Å². The standard InChI is InChI=1S/C22H27N3O2/c1-16(22(27)23-19-9-10-19)24-11-13-25(14-12-24)21(26)15-18-7-4-6-17-5-2-3-8-20(17)18/h2-8,16,19H,9-15H2,1H3,(H,23,27). The van der Waals surface area contributed by atoms with Crippen molar-refractivity contribution in [2.75, 3.05) is 26.2 Å². The molecule has 2 aliphatic rings. The van der Waals surface area contributed by atoms with Crippen LogP contribution in [0.15, 0.2) is 42.5 Å². The third-order valence-electron chi connectivity index (χ3n) is 5.74. The first-order valence-electron chi connectivity index (χ1n) is 9.90. The zero-order chi connectivity index (χ0) is 18.8. The van der Waals surface area contributed by atoms with Crippen molar-refractivity contribution in [2.24, 2.45) is 0 Å². The Bertz CT molecular complexity index is 833. The number of carbonyl (C=O) groups is 2. The normalized spacial score (nSPS) is 19.1. The van der Waals surface area contributed by atoms with E-state index >= 15 is 0 Å². The fourth-order valence-corrected chi connectivity index (χ4v) is 3.80. The minimum Gasteiger partial charge on any atom is -0.352 e. The fourth-order valence-electron chi connectivity index (χ4n) is 3.80.